The third-order valence-electron chi connectivity index (χ3n) is 1.46. The first kappa shape index (κ1) is 22.5. The second-order valence-corrected chi connectivity index (χ2v) is 7.22. The third-order valence-corrected chi connectivity index (χ3v) is 5.34. The molecule has 0 aromatic carbocycles. The average Bonchev–Trinajstić information content (AvgIpc) is 2.96. The van der Waals surface area contributed by atoms with E-state index in [0.29, 0.717) is 4.26 Å². The Kier molecular flexibility index (Phi) is 26.9. The van der Waals surface area contributed by atoms with E-state index in [1.807, 2.05) is 0 Å². The zero-order valence-corrected chi connectivity index (χ0v) is 13.8. The van der Waals surface area contributed by atoms with Gasteiger partial charge in [0, 0.05) is 0 Å². The fourth-order valence-electron chi connectivity index (χ4n) is 0.880. The summed E-state index contributed by atoms with van der Waals surface area (Å²) in [5, 5.41) is 0.951. The van der Waals surface area contributed by atoms with E-state index in [4.69, 9.17) is 14.4 Å². The maximum Gasteiger partial charge on any atom is 0.281 e. The van der Waals surface area contributed by atoms with E-state index in [2.05, 4.69) is 54.5 Å². The van der Waals surface area contributed by atoms with Crippen molar-refractivity contribution >= 4 is 40.6 Å². The average molecular weight is 485 g/mol. The summed E-state index contributed by atoms with van der Waals surface area (Å²) in [5.74, 6) is 0. The van der Waals surface area contributed by atoms with Crippen LogP contribution < -0.4 is 0 Å². The van der Waals surface area contributed by atoms with Crippen molar-refractivity contribution in [3.05, 3.63) is 22.3 Å². The normalized spacial score (nSPS) is 10.6. The molecule has 0 aromatic rings. The Bertz CT molecular complexity index is 262. The van der Waals surface area contributed by atoms with Crippen LogP contribution in [0.5, 0.6) is 0 Å². The van der Waals surface area contributed by atoms with Crippen LogP contribution in [0.1, 0.15) is 19.3 Å². The Balaban J connectivity index is -0.000000328. The minimum absolute atomic E-state index is 0.518. The fourth-order valence-corrected chi connectivity index (χ4v) is 4.04. The second-order valence-electron chi connectivity index (χ2n) is 2.49. The van der Waals surface area contributed by atoms with Gasteiger partial charge in [-0.25, -0.2) is 0 Å². The summed E-state index contributed by atoms with van der Waals surface area (Å²) < 4.78 is 1.93. The molecule has 4 nitrogen and oxygen atoms in total. The molecule has 0 unspecified atom stereocenters. The molecular weight excluding hydrogens is 474 g/mol. The molecule has 18 heavy (non-hydrogen) atoms. The van der Waals surface area contributed by atoms with Crippen molar-refractivity contribution in [1.29, 1.82) is 0 Å². The Morgan fingerprint density at radius 2 is 1.78 bits per heavy atom. The van der Waals surface area contributed by atoms with E-state index in [0.717, 1.165) is 24.6 Å². The van der Waals surface area contributed by atoms with Gasteiger partial charge in [0.1, 0.15) is 0 Å². The number of hydrogen-bond acceptors (Lipinski definition) is 4. The largest absolute Gasteiger partial charge is 0.281 e. The molecule has 1 rings (SSSR count). The van der Waals surface area contributed by atoms with Gasteiger partial charge in [-0.05, 0) is 0 Å². The maximum absolute atomic E-state index is 11.3. The van der Waals surface area contributed by atoms with Crippen molar-refractivity contribution in [3.8, 4) is 0 Å². The molecule has 0 atom stereocenters. The smallest absolute Gasteiger partial charge is 0.281 e. The quantitative estimate of drug-likeness (QED) is 0.553. The van der Waals surface area contributed by atoms with Crippen molar-refractivity contribution in [2.75, 3.05) is 5.33 Å². The Labute approximate surface area is 124 Å². The first-order chi connectivity index (χ1) is 8.83. The summed E-state index contributed by atoms with van der Waals surface area (Å²) >= 11 is 2.64. The minimum atomic E-state index is -0.691. The Morgan fingerprint density at radius 1 is 1.22 bits per heavy atom. The van der Waals surface area contributed by atoms with Crippen LogP contribution in [-0.4, -0.2) is 30.0 Å². The van der Waals surface area contributed by atoms with Crippen molar-refractivity contribution in [2.24, 2.45) is 0 Å². The van der Waals surface area contributed by atoms with E-state index in [1.54, 1.807) is 0 Å². The zero-order valence-electron chi connectivity index (χ0n) is 9.45. The van der Waals surface area contributed by atoms with Crippen LogP contribution in [0.15, 0.2) is 22.3 Å². The molecule has 6 radical (unpaired) electrons. The van der Waals surface area contributed by atoms with Gasteiger partial charge in [0.15, 0.2) is 0 Å². The first-order valence-electron chi connectivity index (χ1n) is 4.53. The topological polar surface area (TPSA) is 68.3 Å². The van der Waals surface area contributed by atoms with Crippen LogP contribution in [0, 0.1) is 0 Å². The van der Waals surface area contributed by atoms with Crippen LogP contribution >= 0.6 is 15.9 Å². The number of halogens is 1. The maximum atomic E-state index is 11.3. The van der Waals surface area contributed by atoms with Crippen LogP contribution in [0.2, 0.25) is 0 Å². The molecule has 0 amide bonds. The van der Waals surface area contributed by atoms with Gasteiger partial charge in [-0.15, -0.1) is 0 Å². The molecule has 0 saturated heterocycles. The van der Waals surface area contributed by atoms with Crippen LogP contribution in [-0.2, 0) is 37.2 Å². The molecule has 0 saturated carbocycles. The summed E-state index contributed by atoms with van der Waals surface area (Å²) in [4.78, 5) is 33.8. The SMILES string of the molecule is O=[C](CCCBr)[Re][C]1=CC=CC1.[C]=O.[C]=O.[C]=O. The van der Waals surface area contributed by atoms with E-state index in [-0.39, 0.29) is 0 Å². The van der Waals surface area contributed by atoms with Gasteiger partial charge in [0.25, 0.3) is 20.4 Å². The van der Waals surface area contributed by atoms with Gasteiger partial charge >= 0.3 is 89.8 Å². The number of carbonyl (C=O) groups is 1. The van der Waals surface area contributed by atoms with Gasteiger partial charge in [-0.3, -0.25) is 14.4 Å². The molecule has 0 N–H and O–H groups in total. The second kappa shape index (κ2) is 21.6. The Hall–Kier alpha value is -0.698. The number of rotatable bonds is 5. The van der Waals surface area contributed by atoms with Gasteiger partial charge in [-0.2, -0.15) is 0 Å². The van der Waals surface area contributed by atoms with E-state index in [9.17, 15) is 4.79 Å². The van der Waals surface area contributed by atoms with Gasteiger partial charge in [0.05, 0.1) is 0 Å². The van der Waals surface area contributed by atoms with Crippen LogP contribution in [0.4, 0.5) is 0 Å². The Morgan fingerprint density at radius 3 is 2.17 bits per heavy atom. The van der Waals surface area contributed by atoms with Crippen molar-refractivity contribution < 1.29 is 37.2 Å². The predicted octanol–water partition coefficient (Wildman–Crippen LogP) is 1.42. The molecule has 0 fully saturated rings. The first-order valence-corrected chi connectivity index (χ1v) is 8.37. The number of alkyl halides is 1. The molecule has 97 valence electrons. The molecule has 1 aliphatic rings. The van der Waals surface area contributed by atoms with E-state index >= 15 is 0 Å². The standard InChI is InChI=1S/C5H5.C4H6BrO.3CO.Re/c1-2-4-5-3-1;5-3-1-2-4-6;3*1-2;/h1-3H,4H2;1-3H2;;;;. The van der Waals surface area contributed by atoms with Crippen LogP contribution in [0.25, 0.3) is 0 Å². The monoisotopic (exact) mass is 485 g/mol. The van der Waals surface area contributed by atoms with E-state index in [1.165, 1.54) is 4.05 Å². The van der Waals surface area contributed by atoms with Crippen molar-refractivity contribution in [3.63, 3.8) is 0 Å². The molecule has 0 aliphatic heterocycles. The van der Waals surface area contributed by atoms with Crippen molar-refractivity contribution in [1.82, 2.24) is 0 Å². The number of allylic oxidation sites excluding steroid dienone is 4. The van der Waals surface area contributed by atoms with Crippen molar-refractivity contribution in [2.45, 2.75) is 19.3 Å². The summed E-state index contributed by atoms with van der Waals surface area (Å²) in [6.45, 7) is 13.5. The number of hydrogen-bond donors (Lipinski definition) is 0. The zero-order chi connectivity index (χ0) is 14.8. The summed E-state index contributed by atoms with van der Waals surface area (Å²) in [6, 6.07) is 0. The minimum Gasteiger partial charge on any atom is -0.281 e. The summed E-state index contributed by atoms with van der Waals surface area (Å²) in [7, 11) is 0. The van der Waals surface area contributed by atoms with Gasteiger partial charge < -0.3 is 0 Å². The molecule has 0 bridgehead atoms. The fraction of sp³-hybridized carbons (Fsp3) is 0.333. The number of carbonyl (C=O) groups excluding carboxylic acids is 4. The predicted molar refractivity (Wildman–Crippen MR) is 67.0 cm³/mol. The molecule has 0 heterocycles. The third kappa shape index (κ3) is 15.3. The molecule has 6 heteroatoms. The summed E-state index contributed by atoms with van der Waals surface area (Å²) in [6.07, 6.45) is 9.12. The van der Waals surface area contributed by atoms with E-state index < -0.39 is 18.0 Å². The molecule has 1 aliphatic carbocycles. The van der Waals surface area contributed by atoms with Gasteiger partial charge in [-0.1, -0.05) is 0 Å². The molecule has 0 aromatic heterocycles. The molecular formula is C12H11BrO4Re. The van der Waals surface area contributed by atoms with Gasteiger partial charge in [0.2, 0.25) is 0 Å². The van der Waals surface area contributed by atoms with Crippen LogP contribution in [0.3, 0.4) is 0 Å². The molecule has 0 spiro atoms. The summed E-state index contributed by atoms with van der Waals surface area (Å²) in [5.41, 5.74) is 0.